The van der Waals surface area contributed by atoms with Crippen molar-refractivity contribution in [3.8, 4) is 22.9 Å². The largest absolute Gasteiger partial charge is 0.486 e. The fraction of sp³-hybridized carbons (Fsp3) is 0.160. The highest BCUT2D eigenvalue weighted by Gasteiger charge is 2.18. The van der Waals surface area contributed by atoms with Gasteiger partial charge in [0.25, 0.3) is 0 Å². The second-order valence-corrected chi connectivity index (χ2v) is 8.60. The van der Waals surface area contributed by atoms with Gasteiger partial charge in [-0.25, -0.2) is 9.97 Å². The van der Waals surface area contributed by atoms with E-state index in [9.17, 15) is 0 Å². The van der Waals surface area contributed by atoms with Gasteiger partial charge in [-0.3, -0.25) is 0 Å². The highest BCUT2D eigenvalue weighted by molar-refractivity contribution is 7.98. The van der Waals surface area contributed by atoms with E-state index in [2.05, 4.69) is 31.2 Å². The molecule has 3 aromatic carbocycles. The third-order valence-electron chi connectivity index (χ3n) is 5.57. The SMILES string of the molecule is Cc1ccccc1CSc1nc2ccccc2c2nc(-c3ccc4c(c3)OCCO4)nn12. The number of hydrogen-bond donors (Lipinski definition) is 0. The fourth-order valence-electron chi connectivity index (χ4n) is 3.84. The molecule has 0 saturated heterocycles. The molecule has 0 amide bonds. The van der Waals surface area contributed by atoms with E-state index in [1.807, 2.05) is 47.0 Å². The van der Waals surface area contributed by atoms with E-state index in [4.69, 9.17) is 24.5 Å². The molecule has 1 aliphatic heterocycles. The minimum Gasteiger partial charge on any atom is -0.486 e. The summed E-state index contributed by atoms with van der Waals surface area (Å²) in [5.74, 6) is 2.93. The number of fused-ring (bicyclic) bond motifs is 4. The quantitative estimate of drug-likeness (QED) is 0.279. The molecule has 0 fully saturated rings. The molecule has 3 heterocycles. The number of ether oxygens (including phenoxy) is 2. The second kappa shape index (κ2) is 7.84. The summed E-state index contributed by atoms with van der Waals surface area (Å²) in [6, 6.07) is 22.3. The molecular formula is C25H20N4O2S. The number of para-hydroxylation sites is 1. The van der Waals surface area contributed by atoms with Gasteiger partial charge in [-0.1, -0.05) is 48.2 Å². The van der Waals surface area contributed by atoms with Crippen LogP contribution in [0.5, 0.6) is 11.5 Å². The van der Waals surface area contributed by atoms with Crippen molar-refractivity contribution < 1.29 is 9.47 Å². The Labute approximate surface area is 189 Å². The Balaban J connectivity index is 1.46. The van der Waals surface area contributed by atoms with Gasteiger partial charge in [0.05, 0.1) is 5.52 Å². The lowest BCUT2D eigenvalue weighted by molar-refractivity contribution is 0.171. The molecule has 0 unspecified atom stereocenters. The summed E-state index contributed by atoms with van der Waals surface area (Å²) >= 11 is 1.67. The van der Waals surface area contributed by atoms with E-state index in [1.54, 1.807) is 11.8 Å². The van der Waals surface area contributed by atoms with Gasteiger partial charge in [-0.05, 0) is 48.4 Å². The van der Waals surface area contributed by atoms with Gasteiger partial charge < -0.3 is 9.47 Å². The van der Waals surface area contributed by atoms with Gasteiger partial charge in [-0.15, -0.1) is 5.10 Å². The topological polar surface area (TPSA) is 61.5 Å². The van der Waals surface area contributed by atoms with Crippen molar-refractivity contribution in [2.24, 2.45) is 0 Å². The van der Waals surface area contributed by atoms with Crippen molar-refractivity contribution in [2.75, 3.05) is 13.2 Å². The molecule has 7 heteroatoms. The molecule has 6 rings (SSSR count). The number of hydrogen-bond acceptors (Lipinski definition) is 6. The molecule has 0 N–H and O–H groups in total. The smallest absolute Gasteiger partial charge is 0.191 e. The number of benzene rings is 3. The second-order valence-electron chi connectivity index (χ2n) is 7.66. The Morgan fingerprint density at radius 2 is 1.72 bits per heavy atom. The van der Waals surface area contributed by atoms with Crippen LogP contribution in [0.25, 0.3) is 27.9 Å². The van der Waals surface area contributed by atoms with Crippen LogP contribution in [0.4, 0.5) is 0 Å². The molecule has 0 radical (unpaired) electrons. The summed E-state index contributed by atoms with van der Waals surface area (Å²) in [6.45, 7) is 3.25. The average Bonchev–Trinajstić information content (AvgIpc) is 3.29. The molecule has 32 heavy (non-hydrogen) atoms. The Bertz CT molecular complexity index is 1460. The highest BCUT2D eigenvalue weighted by atomic mass is 32.2. The third kappa shape index (κ3) is 3.35. The summed E-state index contributed by atoms with van der Waals surface area (Å²) in [4.78, 5) is 9.80. The van der Waals surface area contributed by atoms with E-state index < -0.39 is 0 Å². The van der Waals surface area contributed by atoms with Gasteiger partial charge in [0, 0.05) is 16.7 Å². The van der Waals surface area contributed by atoms with Crippen LogP contribution >= 0.6 is 11.8 Å². The Morgan fingerprint density at radius 1 is 0.906 bits per heavy atom. The third-order valence-corrected chi connectivity index (χ3v) is 6.55. The molecule has 2 aromatic heterocycles. The van der Waals surface area contributed by atoms with Gasteiger partial charge in [-0.2, -0.15) is 4.52 Å². The predicted molar refractivity (Wildman–Crippen MR) is 125 cm³/mol. The maximum atomic E-state index is 5.75. The number of aromatic nitrogens is 4. The van der Waals surface area contributed by atoms with E-state index in [0.29, 0.717) is 19.0 Å². The number of aryl methyl sites for hydroxylation is 1. The Hall–Kier alpha value is -3.58. The molecule has 0 bridgehead atoms. The van der Waals surface area contributed by atoms with Crippen LogP contribution in [0, 0.1) is 6.92 Å². The normalized spacial score (nSPS) is 13.0. The van der Waals surface area contributed by atoms with Crippen LogP contribution < -0.4 is 9.47 Å². The molecule has 1 aliphatic rings. The number of nitrogens with zero attached hydrogens (tertiary/aromatic N) is 4. The van der Waals surface area contributed by atoms with E-state index in [1.165, 1.54) is 11.1 Å². The lowest BCUT2D eigenvalue weighted by atomic mass is 10.1. The molecular weight excluding hydrogens is 420 g/mol. The van der Waals surface area contributed by atoms with E-state index >= 15 is 0 Å². The van der Waals surface area contributed by atoms with Crippen LogP contribution in [-0.2, 0) is 5.75 Å². The molecule has 0 aliphatic carbocycles. The van der Waals surface area contributed by atoms with Crippen molar-refractivity contribution in [1.82, 2.24) is 19.6 Å². The minimum absolute atomic E-state index is 0.545. The molecule has 158 valence electrons. The van der Waals surface area contributed by atoms with Gasteiger partial charge in [0.15, 0.2) is 28.1 Å². The fourth-order valence-corrected chi connectivity index (χ4v) is 4.86. The van der Waals surface area contributed by atoms with Crippen molar-refractivity contribution >= 4 is 28.3 Å². The Kier molecular flexibility index (Phi) is 4.69. The number of thioether (sulfide) groups is 1. The van der Waals surface area contributed by atoms with Crippen molar-refractivity contribution in [3.63, 3.8) is 0 Å². The van der Waals surface area contributed by atoms with Crippen molar-refractivity contribution in [1.29, 1.82) is 0 Å². The summed E-state index contributed by atoms with van der Waals surface area (Å²) in [5.41, 5.74) is 5.15. The first-order valence-corrected chi connectivity index (χ1v) is 11.5. The van der Waals surface area contributed by atoms with E-state index in [-0.39, 0.29) is 0 Å². The van der Waals surface area contributed by atoms with Crippen LogP contribution in [0.15, 0.2) is 71.9 Å². The van der Waals surface area contributed by atoms with E-state index in [0.717, 1.165) is 44.5 Å². The Morgan fingerprint density at radius 3 is 2.62 bits per heavy atom. The molecule has 0 atom stereocenters. The highest BCUT2D eigenvalue weighted by Crippen LogP contribution is 2.35. The molecule has 0 spiro atoms. The standard InChI is InChI=1S/C25H20N4O2S/c1-16-6-2-3-7-18(16)15-32-25-26-20-9-5-4-8-19(20)24-27-23(28-29(24)25)17-10-11-21-22(14-17)31-13-12-30-21/h2-11,14H,12-13,15H2,1H3. The zero-order valence-electron chi connectivity index (χ0n) is 17.5. The average molecular weight is 441 g/mol. The first-order valence-electron chi connectivity index (χ1n) is 10.5. The zero-order chi connectivity index (χ0) is 21.5. The summed E-state index contributed by atoms with van der Waals surface area (Å²) in [7, 11) is 0. The maximum absolute atomic E-state index is 5.75. The van der Waals surface area contributed by atoms with Crippen LogP contribution in [-0.4, -0.2) is 32.8 Å². The summed E-state index contributed by atoms with van der Waals surface area (Å²) in [5, 5.41) is 6.64. The molecule has 6 nitrogen and oxygen atoms in total. The molecule has 5 aromatic rings. The molecule has 0 saturated carbocycles. The predicted octanol–water partition coefficient (Wildman–Crippen LogP) is 5.32. The lowest BCUT2D eigenvalue weighted by Gasteiger charge is -2.18. The van der Waals surface area contributed by atoms with Gasteiger partial charge in [0.2, 0.25) is 0 Å². The first-order chi connectivity index (χ1) is 15.8. The lowest BCUT2D eigenvalue weighted by Crippen LogP contribution is -2.15. The summed E-state index contributed by atoms with van der Waals surface area (Å²) < 4.78 is 13.3. The first kappa shape index (κ1) is 19.1. The monoisotopic (exact) mass is 440 g/mol. The number of rotatable bonds is 4. The maximum Gasteiger partial charge on any atom is 0.191 e. The minimum atomic E-state index is 0.545. The zero-order valence-corrected chi connectivity index (χ0v) is 18.3. The summed E-state index contributed by atoms with van der Waals surface area (Å²) in [6.07, 6.45) is 0. The van der Waals surface area contributed by atoms with Crippen molar-refractivity contribution in [3.05, 3.63) is 77.9 Å². The van der Waals surface area contributed by atoms with Crippen LogP contribution in [0.2, 0.25) is 0 Å². The van der Waals surface area contributed by atoms with Crippen LogP contribution in [0.3, 0.4) is 0 Å². The van der Waals surface area contributed by atoms with Crippen molar-refractivity contribution in [2.45, 2.75) is 17.8 Å². The van der Waals surface area contributed by atoms with Gasteiger partial charge in [0.1, 0.15) is 13.2 Å². The van der Waals surface area contributed by atoms with Crippen LogP contribution in [0.1, 0.15) is 11.1 Å². The van der Waals surface area contributed by atoms with Gasteiger partial charge >= 0.3 is 0 Å².